The fourth-order valence-corrected chi connectivity index (χ4v) is 1.34. The molecule has 1 aromatic rings. The lowest BCUT2D eigenvalue weighted by Crippen LogP contribution is -2.22. The van der Waals surface area contributed by atoms with Crippen LogP contribution in [0.4, 0.5) is 0 Å². The molecule has 1 rings (SSSR count). The number of guanidine groups is 1. The third-order valence-corrected chi connectivity index (χ3v) is 2.24. The molecule has 0 fully saturated rings. The van der Waals surface area contributed by atoms with E-state index in [1.165, 1.54) is 5.56 Å². The molecule has 4 nitrogen and oxygen atoms in total. The van der Waals surface area contributed by atoms with E-state index in [0.717, 1.165) is 16.6 Å². The zero-order valence-electron chi connectivity index (χ0n) is 8.44. The second-order valence-electron chi connectivity index (χ2n) is 3.16. The summed E-state index contributed by atoms with van der Waals surface area (Å²) in [5.41, 5.74) is 12.4. The topological polar surface area (TPSA) is 76.8 Å². The summed E-state index contributed by atoms with van der Waals surface area (Å²) in [7, 11) is 0. The average molecular weight is 269 g/mol. The smallest absolute Gasteiger partial charge is 0.211 e. The summed E-state index contributed by atoms with van der Waals surface area (Å²) in [4.78, 5) is 0. The SMILES string of the molecule is C/C(Cc1ccc(Br)cc1)=N/N=C(N)N. The van der Waals surface area contributed by atoms with E-state index in [2.05, 4.69) is 26.1 Å². The van der Waals surface area contributed by atoms with Crippen molar-refractivity contribution in [3.05, 3.63) is 34.3 Å². The van der Waals surface area contributed by atoms with Gasteiger partial charge in [0.1, 0.15) is 0 Å². The van der Waals surface area contributed by atoms with Crippen molar-refractivity contribution >= 4 is 27.6 Å². The lowest BCUT2D eigenvalue weighted by atomic mass is 10.1. The van der Waals surface area contributed by atoms with E-state index in [-0.39, 0.29) is 5.96 Å². The van der Waals surface area contributed by atoms with E-state index < -0.39 is 0 Å². The van der Waals surface area contributed by atoms with Gasteiger partial charge in [-0.1, -0.05) is 28.1 Å². The van der Waals surface area contributed by atoms with Gasteiger partial charge in [0.05, 0.1) is 0 Å². The van der Waals surface area contributed by atoms with Crippen molar-refractivity contribution in [3.63, 3.8) is 0 Å². The first-order chi connectivity index (χ1) is 7.08. The van der Waals surface area contributed by atoms with E-state index in [9.17, 15) is 0 Å². The minimum Gasteiger partial charge on any atom is -0.369 e. The summed E-state index contributed by atoms with van der Waals surface area (Å²) >= 11 is 3.38. The summed E-state index contributed by atoms with van der Waals surface area (Å²) in [5, 5.41) is 7.47. The Balaban J connectivity index is 2.66. The van der Waals surface area contributed by atoms with Crippen molar-refractivity contribution in [2.75, 3.05) is 0 Å². The Bertz CT molecular complexity index is 377. The fraction of sp³-hybridized carbons (Fsp3) is 0.200. The molecule has 0 saturated heterocycles. The van der Waals surface area contributed by atoms with E-state index in [4.69, 9.17) is 11.5 Å². The normalized spacial score (nSPS) is 11.2. The van der Waals surface area contributed by atoms with Crippen LogP contribution in [-0.2, 0) is 6.42 Å². The minimum atomic E-state index is -0.0230. The van der Waals surface area contributed by atoms with Crippen LogP contribution in [0.2, 0.25) is 0 Å². The largest absolute Gasteiger partial charge is 0.369 e. The number of hydrogen-bond acceptors (Lipinski definition) is 2. The number of benzene rings is 1. The maximum atomic E-state index is 5.17. The first kappa shape index (κ1) is 11.7. The molecule has 15 heavy (non-hydrogen) atoms. The van der Waals surface area contributed by atoms with Gasteiger partial charge in [-0.3, -0.25) is 0 Å². The number of nitrogens with two attached hydrogens (primary N) is 2. The Labute approximate surface area is 97.2 Å². The van der Waals surface area contributed by atoms with Crippen molar-refractivity contribution in [1.29, 1.82) is 0 Å². The quantitative estimate of drug-likeness (QED) is 0.497. The Morgan fingerprint density at radius 3 is 2.33 bits per heavy atom. The van der Waals surface area contributed by atoms with Crippen LogP contribution in [0.15, 0.2) is 38.9 Å². The van der Waals surface area contributed by atoms with Crippen LogP contribution in [0.3, 0.4) is 0 Å². The molecule has 4 N–H and O–H groups in total. The van der Waals surface area contributed by atoms with E-state index >= 15 is 0 Å². The predicted octanol–water partition coefficient (Wildman–Crippen LogP) is 1.64. The van der Waals surface area contributed by atoms with Crippen LogP contribution in [0.25, 0.3) is 0 Å². The summed E-state index contributed by atoms with van der Waals surface area (Å²) in [5.74, 6) is -0.0230. The average Bonchev–Trinajstić information content (AvgIpc) is 2.19. The van der Waals surface area contributed by atoms with E-state index in [0.29, 0.717) is 0 Å². The molecule has 0 aromatic heterocycles. The Kier molecular flexibility index (Phi) is 4.30. The number of hydrogen-bond donors (Lipinski definition) is 2. The van der Waals surface area contributed by atoms with Gasteiger partial charge in [-0.2, -0.15) is 5.10 Å². The molecule has 0 amide bonds. The van der Waals surface area contributed by atoms with Crippen LogP contribution < -0.4 is 11.5 Å². The van der Waals surface area contributed by atoms with Gasteiger partial charge in [0, 0.05) is 16.6 Å². The molecular weight excluding hydrogens is 256 g/mol. The highest BCUT2D eigenvalue weighted by molar-refractivity contribution is 9.10. The van der Waals surface area contributed by atoms with Crippen LogP contribution in [0, 0.1) is 0 Å². The molecule has 0 spiro atoms. The molecule has 1 aromatic carbocycles. The maximum Gasteiger partial charge on any atom is 0.211 e. The molecule has 0 aliphatic carbocycles. The number of halogens is 1. The van der Waals surface area contributed by atoms with Crippen molar-refractivity contribution in [2.24, 2.45) is 21.7 Å². The van der Waals surface area contributed by atoms with Gasteiger partial charge in [-0.05, 0) is 24.6 Å². The molecule has 0 radical (unpaired) electrons. The van der Waals surface area contributed by atoms with Gasteiger partial charge in [-0.25, -0.2) is 0 Å². The standard InChI is InChI=1S/C10H13BrN4/c1-7(14-15-10(12)13)6-8-2-4-9(11)5-3-8/h2-5H,6H2,1H3,(H4,12,13,15)/b14-7-. The summed E-state index contributed by atoms with van der Waals surface area (Å²) in [6.07, 6.45) is 0.740. The summed E-state index contributed by atoms with van der Waals surface area (Å²) in [6.45, 7) is 1.88. The van der Waals surface area contributed by atoms with Gasteiger partial charge < -0.3 is 11.5 Å². The molecular formula is C10H13BrN4. The second kappa shape index (κ2) is 5.50. The van der Waals surface area contributed by atoms with Gasteiger partial charge in [0.15, 0.2) is 0 Å². The summed E-state index contributed by atoms with van der Waals surface area (Å²) in [6, 6.07) is 8.03. The first-order valence-electron chi connectivity index (χ1n) is 4.44. The van der Waals surface area contributed by atoms with Crippen molar-refractivity contribution < 1.29 is 0 Å². The van der Waals surface area contributed by atoms with Gasteiger partial charge in [0.25, 0.3) is 0 Å². The van der Waals surface area contributed by atoms with Gasteiger partial charge in [-0.15, -0.1) is 5.10 Å². The minimum absolute atomic E-state index is 0.0230. The number of rotatable bonds is 3. The molecule has 0 aliphatic rings. The van der Waals surface area contributed by atoms with Crippen molar-refractivity contribution in [2.45, 2.75) is 13.3 Å². The lowest BCUT2D eigenvalue weighted by Gasteiger charge is -1.99. The Hall–Kier alpha value is -1.36. The molecule has 80 valence electrons. The van der Waals surface area contributed by atoms with Crippen LogP contribution in [0.1, 0.15) is 12.5 Å². The van der Waals surface area contributed by atoms with E-state index in [1.54, 1.807) is 0 Å². The van der Waals surface area contributed by atoms with Crippen LogP contribution in [0.5, 0.6) is 0 Å². The second-order valence-corrected chi connectivity index (χ2v) is 4.08. The molecule has 0 aliphatic heterocycles. The van der Waals surface area contributed by atoms with Gasteiger partial charge >= 0.3 is 0 Å². The molecule has 5 heteroatoms. The molecule has 0 bridgehead atoms. The summed E-state index contributed by atoms with van der Waals surface area (Å²) < 4.78 is 1.06. The third-order valence-electron chi connectivity index (χ3n) is 1.71. The zero-order valence-corrected chi connectivity index (χ0v) is 10.0. The molecule has 0 heterocycles. The predicted molar refractivity (Wildman–Crippen MR) is 66.8 cm³/mol. The van der Waals surface area contributed by atoms with E-state index in [1.807, 2.05) is 31.2 Å². The highest BCUT2D eigenvalue weighted by Crippen LogP contribution is 2.11. The highest BCUT2D eigenvalue weighted by atomic mass is 79.9. The van der Waals surface area contributed by atoms with Crippen LogP contribution in [-0.4, -0.2) is 11.7 Å². The molecule has 0 atom stereocenters. The fourth-order valence-electron chi connectivity index (χ4n) is 1.08. The molecule has 0 unspecified atom stereocenters. The van der Waals surface area contributed by atoms with Crippen molar-refractivity contribution in [3.8, 4) is 0 Å². The number of nitrogens with zero attached hydrogens (tertiary/aromatic N) is 2. The van der Waals surface area contributed by atoms with Crippen LogP contribution >= 0.6 is 15.9 Å². The zero-order chi connectivity index (χ0) is 11.3. The lowest BCUT2D eigenvalue weighted by molar-refractivity contribution is 1.16. The Morgan fingerprint density at radius 2 is 1.80 bits per heavy atom. The molecule has 0 saturated carbocycles. The highest BCUT2D eigenvalue weighted by Gasteiger charge is 1.96. The maximum absolute atomic E-state index is 5.17. The van der Waals surface area contributed by atoms with Crippen molar-refractivity contribution in [1.82, 2.24) is 0 Å². The van der Waals surface area contributed by atoms with Gasteiger partial charge in [0.2, 0.25) is 5.96 Å². The Morgan fingerprint density at radius 1 is 1.20 bits per heavy atom. The first-order valence-corrected chi connectivity index (χ1v) is 5.24. The monoisotopic (exact) mass is 268 g/mol. The third kappa shape index (κ3) is 4.60.